The van der Waals surface area contributed by atoms with Gasteiger partial charge in [0.05, 0.1) is 5.56 Å². The average molecular weight is 260 g/mol. The van der Waals surface area contributed by atoms with E-state index in [2.05, 4.69) is 0 Å². The smallest absolute Gasteiger partial charge is 0.248 e. The van der Waals surface area contributed by atoms with E-state index in [1.54, 1.807) is 24.3 Å². The Kier molecular flexibility index (Phi) is 5.22. The second-order valence-corrected chi connectivity index (χ2v) is 3.55. The van der Waals surface area contributed by atoms with Crippen molar-refractivity contribution in [3.05, 3.63) is 65.5 Å². The Hall–Kier alpha value is -2.69. The van der Waals surface area contributed by atoms with Gasteiger partial charge >= 0.3 is 0 Å². The normalized spacial score (nSPS) is 9.11. The molecule has 0 spiro atoms. The predicted molar refractivity (Wildman–Crippen MR) is 70.9 cm³/mol. The third-order valence-electron chi connectivity index (χ3n) is 2.23. The van der Waals surface area contributed by atoms with Gasteiger partial charge in [-0.25, -0.2) is 4.39 Å². The summed E-state index contributed by atoms with van der Waals surface area (Å²) in [5.41, 5.74) is 5.46. The summed E-state index contributed by atoms with van der Waals surface area (Å²) in [4.78, 5) is 10.4. The van der Waals surface area contributed by atoms with Crippen molar-refractivity contribution >= 4 is 12.1 Å². The van der Waals surface area contributed by atoms with Crippen LogP contribution in [0.2, 0.25) is 0 Å². The van der Waals surface area contributed by atoms with Crippen molar-refractivity contribution in [2.75, 3.05) is 0 Å². The Labute approximate surface area is 109 Å². The van der Waals surface area contributed by atoms with Crippen LogP contribution in [0.25, 0.3) is 0 Å². The first kappa shape index (κ1) is 14.4. The minimum absolute atomic E-state index is 0.0671. The lowest BCUT2D eigenvalue weighted by Gasteiger charge is -1.96. The van der Waals surface area contributed by atoms with Gasteiger partial charge in [0.15, 0.2) is 0 Å². The molecule has 0 aliphatic carbocycles. The summed E-state index contributed by atoms with van der Waals surface area (Å²) in [7, 11) is 0. The van der Waals surface area contributed by atoms with E-state index in [9.17, 15) is 9.18 Å². The van der Waals surface area contributed by atoms with Gasteiger partial charge in [0.2, 0.25) is 5.91 Å². The molecule has 4 N–H and O–H groups in total. The minimum atomic E-state index is -0.574. The third-order valence-corrected chi connectivity index (χ3v) is 2.23. The van der Waals surface area contributed by atoms with E-state index < -0.39 is 5.82 Å². The van der Waals surface area contributed by atoms with Crippen molar-refractivity contribution in [3.8, 4) is 5.75 Å². The molecule has 0 unspecified atom stereocenters. The van der Waals surface area contributed by atoms with Gasteiger partial charge in [-0.05, 0) is 24.3 Å². The zero-order chi connectivity index (χ0) is 14.3. The predicted octanol–water partition coefficient (Wildman–Crippen LogP) is 2.31. The van der Waals surface area contributed by atoms with Crippen molar-refractivity contribution in [3.63, 3.8) is 0 Å². The molecular weight excluding hydrogens is 247 g/mol. The lowest BCUT2D eigenvalue weighted by molar-refractivity contribution is 0.100. The molecule has 0 fully saturated rings. The summed E-state index contributed by atoms with van der Waals surface area (Å²) in [6.07, 6.45) is 0.782. The van der Waals surface area contributed by atoms with E-state index in [4.69, 9.17) is 16.2 Å². The van der Waals surface area contributed by atoms with Crippen molar-refractivity contribution in [1.82, 2.24) is 0 Å². The van der Waals surface area contributed by atoms with E-state index in [0.717, 1.165) is 6.21 Å². The molecule has 0 saturated heterocycles. The number of phenolic OH excluding ortho intramolecular Hbond substituents is 1. The Morgan fingerprint density at radius 1 is 1.16 bits per heavy atom. The quantitative estimate of drug-likeness (QED) is 0.723. The highest BCUT2D eigenvalue weighted by Crippen LogP contribution is 2.16. The zero-order valence-electron chi connectivity index (χ0n) is 10.0. The number of hydrogen-bond acceptors (Lipinski definition) is 3. The summed E-state index contributed by atoms with van der Waals surface area (Å²) < 4.78 is 12.5. The molecule has 2 aromatic carbocycles. The van der Waals surface area contributed by atoms with Crippen LogP contribution in [0.15, 0.2) is 48.5 Å². The molecule has 1 amide bonds. The van der Waals surface area contributed by atoms with Crippen LogP contribution in [0.4, 0.5) is 4.39 Å². The molecule has 98 valence electrons. The summed E-state index contributed by atoms with van der Waals surface area (Å²) in [5.74, 6) is -1.15. The molecule has 2 aromatic rings. The summed E-state index contributed by atoms with van der Waals surface area (Å²) in [6.45, 7) is 0. The first-order chi connectivity index (χ1) is 9.06. The minimum Gasteiger partial charge on any atom is -0.507 e. The third kappa shape index (κ3) is 4.23. The van der Waals surface area contributed by atoms with E-state index >= 15 is 0 Å². The molecule has 0 bridgehead atoms. The number of hydrogen-bond donors (Lipinski definition) is 3. The van der Waals surface area contributed by atoms with Gasteiger partial charge in [-0.1, -0.05) is 24.3 Å². The highest BCUT2D eigenvalue weighted by molar-refractivity contribution is 5.92. The largest absolute Gasteiger partial charge is 0.507 e. The Balaban J connectivity index is 0.000000191. The van der Waals surface area contributed by atoms with Crippen molar-refractivity contribution in [2.24, 2.45) is 5.73 Å². The van der Waals surface area contributed by atoms with Crippen molar-refractivity contribution in [1.29, 1.82) is 5.41 Å². The van der Waals surface area contributed by atoms with Crippen LogP contribution < -0.4 is 5.73 Å². The van der Waals surface area contributed by atoms with Crippen LogP contribution in [-0.4, -0.2) is 17.2 Å². The summed E-state index contributed by atoms with van der Waals surface area (Å²) in [6, 6.07) is 12.7. The number of primary amides is 1. The maximum absolute atomic E-state index is 12.5. The Morgan fingerprint density at radius 3 is 2.16 bits per heavy atom. The van der Waals surface area contributed by atoms with Crippen LogP contribution in [0.3, 0.4) is 0 Å². The van der Waals surface area contributed by atoms with Gasteiger partial charge in [-0.15, -0.1) is 0 Å². The lowest BCUT2D eigenvalue weighted by Crippen LogP contribution is -2.09. The number of amides is 1. The maximum atomic E-state index is 12.5. The fourth-order valence-electron chi connectivity index (χ4n) is 1.27. The van der Waals surface area contributed by atoms with Crippen LogP contribution >= 0.6 is 0 Å². The summed E-state index contributed by atoms with van der Waals surface area (Å²) in [5, 5.41) is 15.6. The molecule has 5 heteroatoms. The SMILES string of the molecule is N=Cc1c(O)cccc1F.NC(=O)c1ccccc1. The van der Waals surface area contributed by atoms with E-state index in [1.807, 2.05) is 6.07 Å². The van der Waals surface area contributed by atoms with Gasteiger partial charge < -0.3 is 16.2 Å². The molecule has 0 atom stereocenters. The number of halogens is 1. The van der Waals surface area contributed by atoms with Gasteiger partial charge in [0.1, 0.15) is 11.6 Å². The fourth-order valence-corrected chi connectivity index (χ4v) is 1.27. The van der Waals surface area contributed by atoms with E-state index in [0.29, 0.717) is 5.56 Å². The molecular formula is C14H13FN2O2. The highest BCUT2D eigenvalue weighted by Gasteiger charge is 2.01. The van der Waals surface area contributed by atoms with Crippen LogP contribution in [-0.2, 0) is 0 Å². The average Bonchev–Trinajstić information content (AvgIpc) is 2.41. The van der Waals surface area contributed by atoms with Gasteiger partial charge in [-0.3, -0.25) is 4.79 Å². The van der Waals surface area contributed by atoms with Gasteiger partial charge in [-0.2, -0.15) is 0 Å². The number of carbonyl (C=O) groups is 1. The van der Waals surface area contributed by atoms with Crippen LogP contribution in [0.5, 0.6) is 5.75 Å². The second-order valence-electron chi connectivity index (χ2n) is 3.55. The molecule has 0 saturated carbocycles. The number of aromatic hydroxyl groups is 1. The molecule has 2 rings (SSSR count). The molecule has 0 aliphatic heterocycles. The first-order valence-corrected chi connectivity index (χ1v) is 5.39. The standard InChI is InChI=1S/C7H6FNO.C7H7NO/c8-6-2-1-3-7(10)5(6)4-9;8-7(9)6-4-2-1-3-5-6/h1-4,9-10H;1-5H,(H2,8,9). The molecule has 0 radical (unpaired) electrons. The number of benzene rings is 2. The second kappa shape index (κ2) is 6.90. The van der Waals surface area contributed by atoms with Crippen molar-refractivity contribution < 1.29 is 14.3 Å². The number of carbonyl (C=O) groups excluding carboxylic acids is 1. The fraction of sp³-hybridized carbons (Fsp3) is 0. The number of nitrogens with two attached hydrogens (primary N) is 1. The van der Waals surface area contributed by atoms with E-state index in [-0.39, 0.29) is 17.2 Å². The van der Waals surface area contributed by atoms with Crippen LogP contribution in [0, 0.1) is 11.2 Å². The van der Waals surface area contributed by atoms with Gasteiger partial charge in [0, 0.05) is 11.8 Å². The molecule has 0 heterocycles. The Bertz CT molecular complexity index is 551. The van der Waals surface area contributed by atoms with Gasteiger partial charge in [0.25, 0.3) is 0 Å². The van der Waals surface area contributed by atoms with Crippen LogP contribution in [0.1, 0.15) is 15.9 Å². The molecule has 19 heavy (non-hydrogen) atoms. The summed E-state index contributed by atoms with van der Waals surface area (Å²) >= 11 is 0. The molecule has 0 aliphatic rings. The number of nitrogens with one attached hydrogen (secondary N) is 1. The monoisotopic (exact) mass is 260 g/mol. The highest BCUT2D eigenvalue weighted by atomic mass is 19.1. The molecule has 0 aromatic heterocycles. The zero-order valence-corrected chi connectivity index (χ0v) is 10.0. The maximum Gasteiger partial charge on any atom is 0.248 e. The number of phenols is 1. The lowest BCUT2D eigenvalue weighted by atomic mass is 10.2. The van der Waals surface area contributed by atoms with Crippen molar-refractivity contribution in [2.45, 2.75) is 0 Å². The first-order valence-electron chi connectivity index (χ1n) is 5.39. The molecule has 4 nitrogen and oxygen atoms in total. The van der Waals surface area contributed by atoms with E-state index in [1.165, 1.54) is 18.2 Å². The Morgan fingerprint density at radius 2 is 1.79 bits per heavy atom. The number of rotatable bonds is 2. The topological polar surface area (TPSA) is 87.2 Å².